The van der Waals surface area contributed by atoms with E-state index in [1.54, 1.807) is 6.07 Å². The van der Waals surface area contributed by atoms with Crippen molar-refractivity contribution >= 4 is 5.91 Å². The van der Waals surface area contributed by atoms with Gasteiger partial charge in [-0.3, -0.25) is 4.79 Å². The molecule has 0 aromatic carbocycles. The van der Waals surface area contributed by atoms with E-state index in [0.29, 0.717) is 24.2 Å². The number of nitrogens with one attached hydrogen (secondary N) is 1. The molecule has 0 bridgehead atoms. The van der Waals surface area contributed by atoms with E-state index in [-0.39, 0.29) is 5.91 Å². The summed E-state index contributed by atoms with van der Waals surface area (Å²) in [6.45, 7) is 4.09. The van der Waals surface area contributed by atoms with Gasteiger partial charge in [-0.2, -0.15) is 10.2 Å². The first-order valence-electron chi connectivity index (χ1n) is 7.88. The summed E-state index contributed by atoms with van der Waals surface area (Å²) in [5.41, 5.74) is 1.24. The molecule has 1 heterocycles. The molecule has 1 saturated carbocycles. The Morgan fingerprint density at radius 2 is 1.95 bits per heavy atom. The summed E-state index contributed by atoms with van der Waals surface area (Å²) in [5, 5.41) is 21.5. The first kappa shape index (κ1) is 15.9. The van der Waals surface area contributed by atoms with Crippen LogP contribution in [-0.2, 0) is 6.42 Å². The number of aliphatic hydroxyl groups is 1. The molecule has 0 radical (unpaired) electrons. The summed E-state index contributed by atoms with van der Waals surface area (Å²) >= 11 is 0. The van der Waals surface area contributed by atoms with Gasteiger partial charge in [0.05, 0.1) is 22.6 Å². The largest absolute Gasteiger partial charge is 0.388 e. The van der Waals surface area contributed by atoms with Crippen LogP contribution in [-0.4, -0.2) is 33.4 Å². The number of hydrogen-bond acceptors (Lipinski definition) is 4. The van der Waals surface area contributed by atoms with Crippen LogP contribution in [0.4, 0.5) is 0 Å². The number of nitrogens with zero attached hydrogens (tertiary/aromatic N) is 2. The van der Waals surface area contributed by atoms with Crippen LogP contribution in [0.5, 0.6) is 0 Å². The Morgan fingerprint density at radius 3 is 2.57 bits per heavy atom. The summed E-state index contributed by atoms with van der Waals surface area (Å²) in [7, 11) is 0. The molecule has 2 rings (SSSR count). The smallest absolute Gasteiger partial charge is 0.253 e. The molecule has 5 nitrogen and oxygen atoms in total. The minimum absolute atomic E-state index is 0.164. The second-order valence-corrected chi connectivity index (χ2v) is 6.02. The normalized spacial score (nSPS) is 18.0. The summed E-state index contributed by atoms with van der Waals surface area (Å²) < 4.78 is 0. The Balaban J connectivity index is 2.02. The lowest BCUT2D eigenvalue weighted by Gasteiger charge is -2.26. The van der Waals surface area contributed by atoms with Gasteiger partial charge in [0.1, 0.15) is 0 Å². The molecule has 5 heteroatoms. The van der Waals surface area contributed by atoms with Crippen molar-refractivity contribution in [2.75, 3.05) is 6.54 Å². The van der Waals surface area contributed by atoms with Crippen molar-refractivity contribution in [3.63, 3.8) is 0 Å². The quantitative estimate of drug-likeness (QED) is 0.834. The van der Waals surface area contributed by atoms with Crippen molar-refractivity contribution in [2.24, 2.45) is 0 Å². The highest BCUT2D eigenvalue weighted by molar-refractivity contribution is 5.95. The summed E-state index contributed by atoms with van der Waals surface area (Å²) in [5.74, 6) is -0.164. The second kappa shape index (κ2) is 6.98. The van der Waals surface area contributed by atoms with Crippen molar-refractivity contribution in [2.45, 2.75) is 64.4 Å². The molecule has 1 amide bonds. The third-order valence-electron chi connectivity index (χ3n) is 4.18. The SMILES string of the molecule is CCc1nnc(C)cc1C(=O)NCC1(O)CCCCCC1. The van der Waals surface area contributed by atoms with Gasteiger partial charge in [0.15, 0.2) is 0 Å². The number of carbonyl (C=O) groups is 1. The van der Waals surface area contributed by atoms with Crippen molar-refractivity contribution in [1.29, 1.82) is 0 Å². The molecule has 0 spiro atoms. The maximum atomic E-state index is 12.4. The maximum absolute atomic E-state index is 12.4. The third-order valence-corrected chi connectivity index (χ3v) is 4.18. The average Bonchev–Trinajstić information content (AvgIpc) is 2.70. The Bertz CT molecular complexity index is 494. The Hall–Kier alpha value is -1.49. The van der Waals surface area contributed by atoms with Gasteiger partial charge in [0.2, 0.25) is 0 Å². The Morgan fingerprint density at radius 1 is 1.29 bits per heavy atom. The first-order valence-corrected chi connectivity index (χ1v) is 7.88. The van der Waals surface area contributed by atoms with Crippen LogP contribution in [0.25, 0.3) is 0 Å². The van der Waals surface area contributed by atoms with Gasteiger partial charge >= 0.3 is 0 Å². The minimum atomic E-state index is -0.756. The van der Waals surface area contributed by atoms with Crippen LogP contribution in [0.1, 0.15) is 67.2 Å². The van der Waals surface area contributed by atoms with E-state index in [1.807, 2.05) is 13.8 Å². The highest BCUT2D eigenvalue weighted by atomic mass is 16.3. The van der Waals surface area contributed by atoms with Gasteiger partial charge in [-0.1, -0.05) is 32.6 Å². The van der Waals surface area contributed by atoms with Crippen LogP contribution in [0.2, 0.25) is 0 Å². The fraction of sp³-hybridized carbons (Fsp3) is 0.688. The predicted octanol–water partition coefficient (Wildman–Crippen LogP) is 2.16. The molecule has 2 N–H and O–H groups in total. The van der Waals surface area contributed by atoms with Crippen LogP contribution in [0.3, 0.4) is 0 Å². The first-order chi connectivity index (χ1) is 10.0. The topological polar surface area (TPSA) is 75.1 Å². The number of carbonyl (C=O) groups excluding carboxylic acids is 1. The zero-order valence-corrected chi connectivity index (χ0v) is 13.0. The van der Waals surface area contributed by atoms with E-state index in [9.17, 15) is 9.90 Å². The number of amides is 1. The molecule has 1 fully saturated rings. The van der Waals surface area contributed by atoms with E-state index in [1.165, 1.54) is 12.8 Å². The molecule has 0 atom stereocenters. The van der Waals surface area contributed by atoms with Gasteiger partial charge < -0.3 is 10.4 Å². The van der Waals surface area contributed by atoms with Crippen molar-refractivity contribution in [3.05, 3.63) is 23.0 Å². The van der Waals surface area contributed by atoms with E-state index >= 15 is 0 Å². The average molecular weight is 291 g/mol. The van der Waals surface area contributed by atoms with Gasteiger partial charge in [-0.25, -0.2) is 0 Å². The highest BCUT2D eigenvalue weighted by Crippen LogP contribution is 2.26. The summed E-state index contributed by atoms with van der Waals surface area (Å²) in [6.07, 6.45) is 6.60. The lowest BCUT2D eigenvalue weighted by atomic mass is 9.94. The zero-order valence-electron chi connectivity index (χ0n) is 13.0. The van der Waals surface area contributed by atoms with E-state index in [4.69, 9.17) is 0 Å². The molecule has 21 heavy (non-hydrogen) atoms. The maximum Gasteiger partial charge on any atom is 0.253 e. The van der Waals surface area contributed by atoms with Gasteiger partial charge in [-0.05, 0) is 32.3 Å². The molecule has 1 aromatic heterocycles. The fourth-order valence-corrected chi connectivity index (χ4v) is 2.88. The van der Waals surface area contributed by atoms with Crippen LogP contribution in [0, 0.1) is 6.92 Å². The third kappa shape index (κ3) is 4.24. The van der Waals surface area contributed by atoms with Crippen LogP contribution >= 0.6 is 0 Å². The molecular formula is C16H25N3O2. The highest BCUT2D eigenvalue weighted by Gasteiger charge is 2.28. The number of hydrogen-bond donors (Lipinski definition) is 2. The lowest BCUT2D eigenvalue weighted by molar-refractivity contribution is 0.0246. The Kier molecular flexibility index (Phi) is 5.28. The van der Waals surface area contributed by atoms with Gasteiger partial charge in [0.25, 0.3) is 5.91 Å². The fourth-order valence-electron chi connectivity index (χ4n) is 2.88. The Labute approximate surface area is 126 Å². The zero-order chi connectivity index (χ0) is 15.3. The number of rotatable bonds is 4. The number of aromatic nitrogens is 2. The van der Waals surface area contributed by atoms with Crippen molar-refractivity contribution < 1.29 is 9.90 Å². The van der Waals surface area contributed by atoms with Crippen molar-refractivity contribution in [3.8, 4) is 0 Å². The summed E-state index contributed by atoms with van der Waals surface area (Å²) in [6, 6.07) is 1.76. The van der Waals surface area contributed by atoms with Crippen molar-refractivity contribution in [1.82, 2.24) is 15.5 Å². The van der Waals surface area contributed by atoms with E-state index in [0.717, 1.165) is 31.4 Å². The van der Waals surface area contributed by atoms with Gasteiger partial charge in [0, 0.05) is 6.54 Å². The molecule has 1 aliphatic rings. The van der Waals surface area contributed by atoms with Crippen LogP contribution < -0.4 is 5.32 Å². The standard InChI is InChI=1S/C16H25N3O2/c1-3-14-13(10-12(2)18-19-14)15(20)17-11-16(21)8-6-4-5-7-9-16/h10,21H,3-9,11H2,1-2H3,(H,17,20). The minimum Gasteiger partial charge on any atom is -0.388 e. The lowest BCUT2D eigenvalue weighted by Crippen LogP contribution is -2.42. The molecule has 1 aliphatic carbocycles. The molecular weight excluding hydrogens is 266 g/mol. The molecule has 0 aliphatic heterocycles. The second-order valence-electron chi connectivity index (χ2n) is 6.02. The molecule has 0 unspecified atom stereocenters. The van der Waals surface area contributed by atoms with Gasteiger partial charge in [-0.15, -0.1) is 0 Å². The molecule has 0 saturated heterocycles. The number of aryl methyl sites for hydroxylation is 2. The monoisotopic (exact) mass is 291 g/mol. The predicted molar refractivity (Wildman–Crippen MR) is 81.1 cm³/mol. The van der Waals surface area contributed by atoms with E-state index in [2.05, 4.69) is 15.5 Å². The molecule has 116 valence electrons. The van der Waals surface area contributed by atoms with E-state index < -0.39 is 5.60 Å². The molecule has 1 aromatic rings. The summed E-state index contributed by atoms with van der Waals surface area (Å²) in [4.78, 5) is 12.4. The van der Waals surface area contributed by atoms with Crippen LogP contribution in [0.15, 0.2) is 6.07 Å².